The minimum absolute atomic E-state index is 0. The van der Waals surface area contributed by atoms with Crippen LogP contribution in [0.4, 0.5) is 0 Å². The summed E-state index contributed by atoms with van der Waals surface area (Å²) in [7, 11) is 25.0. The van der Waals surface area contributed by atoms with Crippen LogP contribution in [0.15, 0.2) is 0 Å². The van der Waals surface area contributed by atoms with E-state index in [-0.39, 0.29) is 8.33 Å². The van der Waals surface area contributed by atoms with Gasteiger partial charge in [-0.1, -0.05) is 0 Å². The van der Waals surface area contributed by atoms with Gasteiger partial charge in [0.15, 0.2) is 0 Å². The van der Waals surface area contributed by atoms with Gasteiger partial charge in [0.05, 0.1) is 0 Å². The van der Waals surface area contributed by atoms with Crippen LogP contribution in [0.2, 0.25) is 0 Å². The van der Waals surface area contributed by atoms with Crippen molar-refractivity contribution in [3.8, 4) is 0 Å². The Labute approximate surface area is 71.4 Å². The van der Waals surface area contributed by atoms with Gasteiger partial charge in [-0.3, -0.25) is 0 Å². The molecule has 62 valence electrons. The molecule has 0 aliphatic carbocycles. The molecule has 8 heteroatoms. The van der Waals surface area contributed by atoms with Gasteiger partial charge in [0.2, 0.25) is 0 Å². The van der Waals surface area contributed by atoms with Crippen molar-refractivity contribution in [2.45, 2.75) is 0 Å². The van der Waals surface area contributed by atoms with Crippen molar-refractivity contribution in [1.82, 2.24) is 0 Å². The van der Waals surface area contributed by atoms with E-state index in [9.17, 15) is 0 Å². The van der Waals surface area contributed by atoms with Gasteiger partial charge < -0.3 is 5.48 Å². The van der Waals surface area contributed by atoms with E-state index >= 15 is 0 Å². The van der Waals surface area contributed by atoms with Gasteiger partial charge in [-0.15, -0.1) is 0 Å². The van der Waals surface area contributed by atoms with Gasteiger partial charge in [0.1, 0.15) is 0 Å². The molecule has 8 heavy (non-hydrogen) atoms. The molecule has 0 atom stereocenters. The molecule has 2 N–H and O–H groups in total. The molecule has 0 heterocycles. The zero-order chi connectivity index (χ0) is 6.41. The van der Waals surface area contributed by atoms with Crippen LogP contribution in [0.25, 0.3) is 0 Å². The Bertz CT molecular complexity index is 74.3. The maximum absolute atomic E-state index is 5.29. The Kier molecular flexibility index (Phi) is 3.55. The Morgan fingerprint density at radius 3 is 0.750 bits per heavy atom. The third-order valence-electron chi connectivity index (χ3n) is 0. The molecular weight excluding hydrogens is 424 g/mol. The van der Waals surface area contributed by atoms with E-state index in [1.807, 2.05) is 0 Å². The normalized spacial score (nSPS) is 20.2. The molecule has 0 unspecified atom stereocenters. The third-order valence-corrected chi connectivity index (χ3v) is 0. The van der Waals surface area contributed by atoms with Crippen LogP contribution in [0, 0.1) is 0 Å². The molecule has 0 amide bonds. The topological polar surface area (TPSA) is 31.5 Å². The molecule has 0 saturated heterocycles. The number of halogens is 6. The summed E-state index contributed by atoms with van der Waals surface area (Å²) in [6, 6.07) is 0. The first-order chi connectivity index (χ1) is 2.45. The minimum atomic E-state index is -5.29. The molecule has 0 spiro atoms. The average Bonchev–Trinajstić information content (AvgIpc) is 0.592. The van der Waals surface area contributed by atoms with E-state index in [1.54, 1.807) is 0 Å². The van der Waals surface area contributed by atoms with Gasteiger partial charge in [0.25, 0.3) is 0 Å². The molecule has 0 saturated carbocycles. The SMILES string of the molecule is O.[Cl][Pt-2]([Cl])([Cl])([Cl])([Cl])[Cl].[H+].[H+]. The molecule has 0 radical (unpaired) electrons. The monoisotopic (exact) mass is 425 g/mol. The Morgan fingerprint density at radius 2 is 0.750 bits per heavy atom. The maximum Gasteiger partial charge on any atom is 1.00 e. The molecule has 1 nitrogen and oxygen atoms in total. The van der Waals surface area contributed by atoms with Gasteiger partial charge in [-0.25, -0.2) is 0 Å². The summed E-state index contributed by atoms with van der Waals surface area (Å²) < 4.78 is 0. The number of rotatable bonds is 0. The van der Waals surface area contributed by atoms with Gasteiger partial charge in [-0.2, -0.15) is 0 Å². The molecule has 0 aromatic rings. The second kappa shape index (κ2) is 2.18. The molecule has 0 aromatic heterocycles. The second-order valence-corrected chi connectivity index (χ2v) is 49.9. The second-order valence-electron chi connectivity index (χ2n) is 0.678. The fraction of sp³-hybridized carbons (Fsp3) is 0. The first-order valence-electron chi connectivity index (χ1n) is 0.717. The van der Waals surface area contributed by atoms with Crippen LogP contribution in [0.3, 0.4) is 0 Å². The first-order valence-corrected chi connectivity index (χ1v) is 17.6. The van der Waals surface area contributed by atoms with Crippen LogP contribution >= 0.6 is 56.5 Å². The van der Waals surface area contributed by atoms with Crippen molar-refractivity contribution in [1.29, 1.82) is 0 Å². The predicted molar refractivity (Wildman–Crippen MR) is 41.0 cm³/mol. The largest absolute Gasteiger partial charge is 1.00 e. The van der Waals surface area contributed by atoms with E-state index < -0.39 is 7.31 Å². The summed E-state index contributed by atoms with van der Waals surface area (Å²) in [5.41, 5.74) is 0. The van der Waals surface area contributed by atoms with Crippen molar-refractivity contribution < 1.29 is 15.6 Å². The van der Waals surface area contributed by atoms with E-state index in [4.69, 9.17) is 56.5 Å². The standard InChI is InChI=1S/6ClH.H2O.Pt/h6*1H;1H2;/q;;;;;;;+4/p-4. The van der Waals surface area contributed by atoms with Gasteiger partial charge in [-0.05, 0) is 0 Å². The quantitative estimate of drug-likeness (QED) is 0.566. The Morgan fingerprint density at radius 1 is 0.750 bits per heavy atom. The summed E-state index contributed by atoms with van der Waals surface area (Å²) in [5.74, 6) is 0. The fourth-order valence-electron chi connectivity index (χ4n) is 0. The zero-order valence-electron chi connectivity index (χ0n) is 5.08. The van der Waals surface area contributed by atoms with E-state index in [2.05, 4.69) is 0 Å². The molecule has 0 aliphatic heterocycles. The van der Waals surface area contributed by atoms with Crippen molar-refractivity contribution in [3.63, 3.8) is 0 Å². The zero-order valence-corrected chi connectivity index (χ0v) is 9.89. The predicted octanol–water partition coefficient (Wildman–Crippen LogP) is 3.53. The van der Waals surface area contributed by atoms with Crippen molar-refractivity contribution in [2.24, 2.45) is 0 Å². The number of hydrogen-bond acceptors (Lipinski definition) is 0. The molecule has 0 aliphatic rings. The molecule has 0 bridgehead atoms. The van der Waals surface area contributed by atoms with Crippen LogP contribution in [-0.4, -0.2) is 5.48 Å². The molecule has 0 aromatic carbocycles. The third kappa shape index (κ3) is 80.3. The fourth-order valence-corrected chi connectivity index (χ4v) is 0. The van der Waals surface area contributed by atoms with Crippen LogP contribution in [-0.2, 0) is 7.31 Å². The summed E-state index contributed by atoms with van der Waals surface area (Å²) in [6.07, 6.45) is 0. The van der Waals surface area contributed by atoms with Crippen molar-refractivity contribution >= 4 is 56.5 Å². The van der Waals surface area contributed by atoms with Crippen LogP contribution < -0.4 is 0 Å². The van der Waals surface area contributed by atoms with Crippen molar-refractivity contribution in [3.05, 3.63) is 0 Å². The van der Waals surface area contributed by atoms with Crippen LogP contribution in [0.5, 0.6) is 0 Å². The number of hydrogen-bond donors (Lipinski definition) is 0. The molecule has 0 rings (SSSR count). The van der Waals surface area contributed by atoms with Gasteiger partial charge >= 0.3 is 66.7 Å². The molecule has 0 fully saturated rings. The maximum atomic E-state index is 5.05. The van der Waals surface area contributed by atoms with E-state index in [1.165, 1.54) is 0 Å². The molecular formula is H4Cl6OPt. The summed E-state index contributed by atoms with van der Waals surface area (Å²) >= 11 is 0. The van der Waals surface area contributed by atoms with Crippen LogP contribution in [0.1, 0.15) is 2.85 Å². The summed E-state index contributed by atoms with van der Waals surface area (Å²) in [6.45, 7) is 0. The van der Waals surface area contributed by atoms with Gasteiger partial charge in [0, 0.05) is 0 Å². The van der Waals surface area contributed by atoms with E-state index in [0.29, 0.717) is 0 Å². The first kappa shape index (κ1) is 13.0. The smallest absolute Gasteiger partial charge is 1.00 e. The Balaban J connectivity index is -0.0000000600. The summed E-state index contributed by atoms with van der Waals surface area (Å²) in [4.78, 5) is 0. The van der Waals surface area contributed by atoms with E-state index in [0.717, 1.165) is 0 Å². The Hall–Kier alpha value is 2.39. The van der Waals surface area contributed by atoms with Crippen molar-refractivity contribution in [2.75, 3.05) is 0 Å². The minimum Gasteiger partial charge on any atom is 1.00 e. The average molecular weight is 428 g/mol. The summed E-state index contributed by atoms with van der Waals surface area (Å²) in [5, 5.41) is 0.